The zero-order valence-electron chi connectivity index (χ0n) is 12.0. The van der Waals surface area contributed by atoms with Crippen LogP contribution >= 0.6 is 0 Å². The van der Waals surface area contributed by atoms with Crippen LogP contribution in [0.5, 0.6) is 0 Å². The average Bonchev–Trinajstić information content (AvgIpc) is 2.73. The lowest BCUT2D eigenvalue weighted by Gasteiger charge is -2.35. The molecule has 0 aromatic heterocycles. The summed E-state index contributed by atoms with van der Waals surface area (Å²) in [6.07, 6.45) is 4.13. The van der Waals surface area contributed by atoms with Crippen LogP contribution in [0, 0.1) is 17.3 Å². The Morgan fingerprint density at radius 1 is 1.44 bits per heavy atom. The second-order valence-electron chi connectivity index (χ2n) is 6.89. The molecule has 2 fully saturated rings. The van der Waals surface area contributed by atoms with E-state index in [1.165, 1.54) is 6.42 Å². The average molecular weight is 253 g/mol. The zero-order valence-corrected chi connectivity index (χ0v) is 12.0. The van der Waals surface area contributed by atoms with Gasteiger partial charge in [0, 0.05) is 24.4 Å². The van der Waals surface area contributed by atoms with Crippen LogP contribution in [0.1, 0.15) is 46.5 Å². The molecule has 1 aliphatic heterocycles. The van der Waals surface area contributed by atoms with Gasteiger partial charge in [0.15, 0.2) is 0 Å². The Hall–Kier alpha value is -0.410. The molecule has 3 heteroatoms. The Bertz CT molecular complexity index is 312. The fourth-order valence-corrected chi connectivity index (χ4v) is 3.51. The highest BCUT2D eigenvalue weighted by Crippen LogP contribution is 2.36. The first-order chi connectivity index (χ1) is 8.40. The van der Waals surface area contributed by atoms with Crippen molar-refractivity contribution in [2.75, 3.05) is 19.6 Å². The van der Waals surface area contributed by atoms with Crippen LogP contribution in [0.3, 0.4) is 0 Å². The molecule has 0 aromatic rings. The lowest BCUT2D eigenvalue weighted by molar-refractivity contribution is -0.134. The number of aliphatic hydroxyl groups excluding tert-OH is 1. The van der Waals surface area contributed by atoms with Crippen molar-refractivity contribution in [1.82, 2.24) is 4.90 Å². The van der Waals surface area contributed by atoms with Crippen molar-refractivity contribution in [2.45, 2.75) is 52.6 Å². The molecule has 2 aliphatic rings. The second-order valence-corrected chi connectivity index (χ2v) is 6.89. The quantitative estimate of drug-likeness (QED) is 0.837. The van der Waals surface area contributed by atoms with E-state index in [2.05, 4.69) is 18.7 Å². The third-order valence-corrected chi connectivity index (χ3v) is 4.86. The van der Waals surface area contributed by atoms with E-state index in [4.69, 9.17) is 0 Å². The molecule has 3 nitrogen and oxygen atoms in total. The molecule has 0 spiro atoms. The predicted molar refractivity (Wildman–Crippen MR) is 72.4 cm³/mol. The van der Waals surface area contributed by atoms with Crippen molar-refractivity contribution in [2.24, 2.45) is 17.3 Å². The molecule has 1 saturated carbocycles. The highest BCUT2D eigenvalue weighted by atomic mass is 16.3. The number of Topliss-reactive ketones (excluding diaryl/α,β-unsaturated/α-hetero) is 1. The van der Waals surface area contributed by atoms with E-state index in [1.54, 1.807) is 0 Å². The summed E-state index contributed by atoms with van der Waals surface area (Å²) in [7, 11) is 0. The van der Waals surface area contributed by atoms with Gasteiger partial charge in [-0.2, -0.15) is 0 Å². The number of carbonyl (C=O) groups is 1. The predicted octanol–water partition coefficient (Wildman–Crippen LogP) is 2.08. The van der Waals surface area contributed by atoms with Crippen molar-refractivity contribution < 1.29 is 9.90 Å². The molecule has 2 rings (SSSR count). The summed E-state index contributed by atoms with van der Waals surface area (Å²) in [5, 5.41) is 9.62. The Labute approximate surface area is 111 Å². The molecule has 0 radical (unpaired) electrons. The standard InChI is InChI=1S/C15H27NO2/c1-11(17)12-6-8-16(9-12)10-13-5-4-7-15(2,3)14(13)18/h11-13,17H,4-10H2,1-3H3. The minimum atomic E-state index is -0.214. The van der Waals surface area contributed by atoms with Crippen LogP contribution in [0.25, 0.3) is 0 Å². The van der Waals surface area contributed by atoms with E-state index in [0.717, 1.165) is 38.9 Å². The molecule has 1 aliphatic carbocycles. The van der Waals surface area contributed by atoms with Crippen molar-refractivity contribution >= 4 is 5.78 Å². The SMILES string of the molecule is CC(O)C1CCN(CC2CCCC(C)(C)C2=O)C1. The van der Waals surface area contributed by atoms with Gasteiger partial charge in [-0.3, -0.25) is 4.79 Å². The first-order valence-electron chi connectivity index (χ1n) is 7.35. The number of carbonyl (C=O) groups excluding carboxylic acids is 1. The Morgan fingerprint density at radius 3 is 2.78 bits per heavy atom. The summed E-state index contributed by atoms with van der Waals surface area (Å²) < 4.78 is 0. The fraction of sp³-hybridized carbons (Fsp3) is 0.933. The number of rotatable bonds is 3. The van der Waals surface area contributed by atoms with E-state index in [9.17, 15) is 9.90 Å². The molecule has 0 amide bonds. The number of aliphatic hydroxyl groups is 1. The molecule has 1 saturated heterocycles. The second kappa shape index (κ2) is 5.30. The molecule has 0 aromatic carbocycles. The van der Waals surface area contributed by atoms with Crippen LogP contribution < -0.4 is 0 Å². The molecule has 104 valence electrons. The first-order valence-corrected chi connectivity index (χ1v) is 7.35. The van der Waals surface area contributed by atoms with Gasteiger partial charge in [-0.15, -0.1) is 0 Å². The lowest BCUT2D eigenvalue weighted by Crippen LogP contribution is -2.41. The van der Waals surface area contributed by atoms with E-state index in [0.29, 0.717) is 11.7 Å². The van der Waals surface area contributed by atoms with Crippen molar-refractivity contribution in [3.8, 4) is 0 Å². The van der Waals surface area contributed by atoms with E-state index in [1.807, 2.05) is 6.92 Å². The van der Waals surface area contributed by atoms with Crippen molar-refractivity contribution in [3.05, 3.63) is 0 Å². The summed E-state index contributed by atoms with van der Waals surface area (Å²) in [5.41, 5.74) is -0.119. The number of hydrogen-bond acceptors (Lipinski definition) is 3. The minimum Gasteiger partial charge on any atom is -0.393 e. The minimum absolute atomic E-state index is 0.119. The Kier molecular flexibility index (Phi) is 4.12. The summed E-state index contributed by atoms with van der Waals surface area (Å²) >= 11 is 0. The lowest BCUT2D eigenvalue weighted by atomic mass is 9.71. The van der Waals surface area contributed by atoms with Gasteiger partial charge in [-0.05, 0) is 38.6 Å². The molecule has 18 heavy (non-hydrogen) atoms. The maximum Gasteiger partial charge on any atom is 0.142 e. The van der Waals surface area contributed by atoms with Gasteiger partial charge in [-0.1, -0.05) is 20.3 Å². The van der Waals surface area contributed by atoms with Crippen LogP contribution in [0.2, 0.25) is 0 Å². The molecular weight excluding hydrogens is 226 g/mol. The van der Waals surface area contributed by atoms with E-state index < -0.39 is 0 Å². The zero-order chi connectivity index (χ0) is 13.3. The van der Waals surface area contributed by atoms with Crippen LogP contribution in [-0.4, -0.2) is 41.5 Å². The summed E-state index contributed by atoms with van der Waals surface area (Å²) in [5.74, 6) is 1.08. The van der Waals surface area contributed by atoms with Gasteiger partial charge in [0.05, 0.1) is 6.10 Å². The highest BCUT2D eigenvalue weighted by molar-refractivity contribution is 5.87. The third-order valence-electron chi connectivity index (χ3n) is 4.86. The van der Waals surface area contributed by atoms with E-state index in [-0.39, 0.29) is 17.4 Å². The number of ketones is 1. The third kappa shape index (κ3) is 2.94. The fourth-order valence-electron chi connectivity index (χ4n) is 3.51. The van der Waals surface area contributed by atoms with E-state index >= 15 is 0 Å². The first kappa shape index (κ1) is 14.0. The summed E-state index contributed by atoms with van der Waals surface area (Å²) in [6, 6.07) is 0. The molecule has 0 bridgehead atoms. The Balaban J connectivity index is 1.89. The van der Waals surface area contributed by atoms with Gasteiger partial charge in [-0.25, -0.2) is 0 Å². The maximum absolute atomic E-state index is 12.4. The molecular formula is C15H27NO2. The molecule has 1 N–H and O–H groups in total. The smallest absolute Gasteiger partial charge is 0.142 e. The van der Waals surface area contributed by atoms with Gasteiger partial charge in [0.25, 0.3) is 0 Å². The largest absolute Gasteiger partial charge is 0.393 e. The molecule has 1 heterocycles. The maximum atomic E-state index is 12.4. The summed E-state index contributed by atoms with van der Waals surface area (Å²) in [6.45, 7) is 8.96. The van der Waals surface area contributed by atoms with Crippen LogP contribution in [0.4, 0.5) is 0 Å². The van der Waals surface area contributed by atoms with Gasteiger partial charge >= 0.3 is 0 Å². The van der Waals surface area contributed by atoms with Gasteiger partial charge in [0.1, 0.15) is 5.78 Å². The van der Waals surface area contributed by atoms with Gasteiger partial charge < -0.3 is 10.0 Å². The van der Waals surface area contributed by atoms with Crippen molar-refractivity contribution in [1.29, 1.82) is 0 Å². The topological polar surface area (TPSA) is 40.5 Å². The van der Waals surface area contributed by atoms with Gasteiger partial charge in [0.2, 0.25) is 0 Å². The Morgan fingerprint density at radius 2 is 2.17 bits per heavy atom. The van der Waals surface area contributed by atoms with Crippen LogP contribution in [-0.2, 0) is 4.79 Å². The monoisotopic (exact) mass is 253 g/mol. The summed E-state index contributed by atoms with van der Waals surface area (Å²) in [4.78, 5) is 14.8. The number of nitrogens with zero attached hydrogens (tertiary/aromatic N) is 1. The highest BCUT2D eigenvalue weighted by Gasteiger charge is 2.38. The van der Waals surface area contributed by atoms with Crippen molar-refractivity contribution in [3.63, 3.8) is 0 Å². The normalized spacial score (nSPS) is 34.8. The number of likely N-dealkylation sites (tertiary alicyclic amines) is 1. The van der Waals surface area contributed by atoms with Crippen LogP contribution in [0.15, 0.2) is 0 Å². The number of hydrogen-bond donors (Lipinski definition) is 1. The molecule has 3 atom stereocenters. The molecule has 3 unspecified atom stereocenters.